The molecule has 0 bridgehead atoms. The maximum absolute atomic E-state index is 13.3. The Morgan fingerprint density at radius 2 is 1.96 bits per heavy atom. The van der Waals surface area contributed by atoms with Crippen LogP contribution in [-0.2, 0) is 32.5 Å². The topological polar surface area (TPSA) is 88.8 Å². The van der Waals surface area contributed by atoms with Crippen molar-refractivity contribution in [1.82, 2.24) is 9.63 Å². The number of ether oxygens (including phenoxy) is 1. The first kappa shape index (κ1) is 19.5. The second-order valence-corrected chi connectivity index (χ2v) is 8.36. The fourth-order valence-electron chi connectivity index (χ4n) is 3.14. The lowest BCUT2D eigenvalue weighted by atomic mass is 10.2. The van der Waals surface area contributed by atoms with Crippen LogP contribution in [0.15, 0.2) is 40.3 Å². The zero-order chi connectivity index (χ0) is 19.8. The van der Waals surface area contributed by atoms with Gasteiger partial charge in [0.15, 0.2) is 0 Å². The van der Waals surface area contributed by atoms with Gasteiger partial charge >= 0.3 is 5.97 Å². The summed E-state index contributed by atoms with van der Waals surface area (Å²) in [5, 5.41) is 11.2. The van der Waals surface area contributed by atoms with Crippen LogP contribution in [0.5, 0.6) is 0 Å². The molecule has 2 aromatic rings. The molecule has 0 saturated heterocycles. The van der Waals surface area contributed by atoms with Crippen molar-refractivity contribution in [1.29, 1.82) is 0 Å². The van der Waals surface area contributed by atoms with Gasteiger partial charge in [-0.3, -0.25) is 15.1 Å². The molecule has 0 aliphatic carbocycles. The van der Waals surface area contributed by atoms with Gasteiger partial charge in [0.05, 0.1) is 22.9 Å². The van der Waals surface area contributed by atoms with Crippen LogP contribution < -0.4 is 0 Å². The first-order chi connectivity index (χ1) is 12.8. The van der Waals surface area contributed by atoms with E-state index in [9.17, 15) is 18.4 Å². The minimum absolute atomic E-state index is 0.00927. The zero-order valence-corrected chi connectivity index (χ0v) is 16.4. The number of carbonyl (C=O) groups excluding carboxylic acids is 1. The number of hydrogen-bond acceptors (Lipinski definition) is 6. The number of nitrogens with zero attached hydrogens (tertiary/aromatic N) is 2. The second-order valence-electron chi connectivity index (χ2n) is 6.04. The molecule has 0 amide bonds. The van der Waals surface area contributed by atoms with Crippen LogP contribution in [0.1, 0.15) is 23.9 Å². The lowest BCUT2D eigenvalue weighted by molar-refractivity contribution is -0.143. The Hall–Kier alpha value is -2.29. The summed E-state index contributed by atoms with van der Waals surface area (Å²) in [7, 11) is -3.88. The van der Waals surface area contributed by atoms with Gasteiger partial charge in [0.1, 0.15) is 6.54 Å². The smallest absolute Gasteiger partial charge is 0.325 e. The zero-order valence-electron chi connectivity index (χ0n) is 14.8. The molecule has 1 aliphatic heterocycles. The van der Waals surface area contributed by atoms with Gasteiger partial charge in [0.2, 0.25) is 9.84 Å². The molecule has 0 saturated carbocycles. The van der Waals surface area contributed by atoms with Crippen LogP contribution in [0.4, 0.5) is 0 Å². The predicted molar refractivity (Wildman–Crippen MR) is 99.1 cm³/mol. The molecule has 0 radical (unpaired) electrons. The molecule has 9 heteroatoms. The molecule has 2 heterocycles. The Morgan fingerprint density at radius 3 is 2.59 bits per heavy atom. The molecule has 7 nitrogen and oxygen atoms in total. The number of esters is 1. The largest absolute Gasteiger partial charge is 0.465 e. The van der Waals surface area contributed by atoms with Gasteiger partial charge in [-0.25, -0.2) is 8.42 Å². The maximum Gasteiger partial charge on any atom is 0.325 e. The highest BCUT2D eigenvalue weighted by molar-refractivity contribution is 7.91. The van der Waals surface area contributed by atoms with Crippen LogP contribution in [0.2, 0.25) is 5.02 Å². The van der Waals surface area contributed by atoms with Crippen molar-refractivity contribution in [3.63, 3.8) is 0 Å². The van der Waals surface area contributed by atoms with E-state index in [1.807, 2.05) is 0 Å². The van der Waals surface area contributed by atoms with Crippen LogP contribution in [-0.4, -0.2) is 35.8 Å². The number of hydrogen-bond donors (Lipinski definition) is 1. The Labute approximate surface area is 162 Å². The second kappa shape index (κ2) is 7.38. The van der Waals surface area contributed by atoms with Crippen molar-refractivity contribution in [3.05, 3.63) is 52.4 Å². The van der Waals surface area contributed by atoms with Gasteiger partial charge < -0.3 is 9.30 Å². The van der Waals surface area contributed by atoms with E-state index in [2.05, 4.69) is 0 Å². The van der Waals surface area contributed by atoms with E-state index in [0.29, 0.717) is 22.0 Å². The number of sulfone groups is 1. The summed E-state index contributed by atoms with van der Waals surface area (Å²) in [5.41, 5.74) is 1.39. The van der Waals surface area contributed by atoms with E-state index in [4.69, 9.17) is 16.3 Å². The molecule has 27 heavy (non-hydrogen) atoms. The predicted octanol–water partition coefficient (Wildman–Crippen LogP) is 3.02. The van der Waals surface area contributed by atoms with E-state index in [-0.39, 0.29) is 29.5 Å². The molecule has 1 aliphatic rings. The van der Waals surface area contributed by atoms with Crippen molar-refractivity contribution >= 4 is 33.5 Å². The monoisotopic (exact) mass is 410 g/mol. The number of carbonyl (C=O) groups is 1. The maximum atomic E-state index is 13.3. The SMILES string of the molecule is CCOC(=O)Cn1c(C)c(S(=O)(=O)c2ccc(Cl)cc2)c2c1C=CN(O)C2. The van der Waals surface area contributed by atoms with Crippen molar-refractivity contribution in [3.8, 4) is 0 Å². The van der Waals surface area contributed by atoms with Gasteiger partial charge in [-0.15, -0.1) is 0 Å². The summed E-state index contributed by atoms with van der Waals surface area (Å²) in [6, 6.07) is 5.87. The van der Waals surface area contributed by atoms with Crippen LogP contribution in [0.3, 0.4) is 0 Å². The number of rotatable bonds is 5. The number of hydroxylamine groups is 2. The standard InChI is InChI=1S/C18H19ClN2O5S/c1-3-26-17(22)11-21-12(2)18(15-10-20(23)9-8-16(15)21)27(24,25)14-6-4-13(19)5-7-14/h4-9,23H,3,10-11H2,1-2H3. The number of benzene rings is 1. The first-order valence-electron chi connectivity index (χ1n) is 8.27. The lowest BCUT2D eigenvalue weighted by Crippen LogP contribution is -2.19. The molecule has 3 rings (SSSR count). The molecular formula is C18H19ClN2O5S. The van der Waals surface area contributed by atoms with Gasteiger partial charge in [-0.2, -0.15) is 0 Å². The number of fused-ring (bicyclic) bond motifs is 1. The van der Waals surface area contributed by atoms with Crippen LogP contribution >= 0.6 is 11.6 Å². The van der Waals surface area contributed by atoms with E-state index < -0.39 is 15.8 Å². The average molecular weight is 411 g/mol. The molecule has 0 unspecified atom stereocenters. The molecular weight excluding hydrogens is 392 g/mol. The van der Waals surface area contributed by atoms with Crippen LogP contribution in [0, 0.1) is 6.92 Å². The first-order valence-corrected chi connectivity index (χ1v) is 10.1. The quantitative estimate of drug-likeness (QED) is 0.762. The molecule has 0 spiro atoms. The highest BCUT2D eigenvalue weighted by Gasteiger charge is 2.32. The third-order valence-electron chi connectivity index (χ3n) is 4.32. The van der Waals surface area contributed by atoms with E-state index in [1.165, 1.54) is 30.5 Å². The van der Waals surface area contributed by atoms with Gasteiger partial charge in [0, 0.05) is 28.2 Å². The number of halogens is 1. The fourth-order valence-corrected chi connectivity index (χ4v) is 4.99. The number of aromatic nitrogens is 1. The van der Waals surface area contributed by atoms with Crippen molar-refractivity contribution < 1.29 is 23.2 Å². The Bertz CT molecular complexity index is 1010. The van der Waals surface area contributed by atoms with Gasteiger partial charge in [0.25, 0.3) is 0 Å². The summed E-state index contributed by atoms with van der Waals surface area (Å²) in [5.74, 6) is -0.464. The highest BCUT2D eigenvalue weighted by atomic mass is 35.5. The van der Waals surface area contributed by atoms with Gasteiger partial charge in [-0.1, -0.05) is 11.6 Å². The summed E-state index contributed by atoms with van der Waals surface area (Å²) in [4.78, 5) is 12.2. The molecule has 1 N–H and O–H groups in total. The third-order valence-corrected chi connectivity index (χ3v) is 6.54. The van der Waals surface area contributed by atoms with Crippen molar-refractivity contribution in [2.45, 2.75) is 36.7 Å². The molecule has 144 valence electrons. The summed E-state index contributed by atoms with van der Waals surface area (Å²) < 4.78 is 33.1. The van der Waals surface area contributed by atoms with Crippen molar-refractivity contribution in [2.75, 3.05) is 6.61 Å². The molecule has 0 atom stereocenters. The summed E-state index contributed by atoms with van der Waals surface area (Å²) >= 11 is 5.87. The molecule has 1 aromatic heterocycles. The van der Waals surface area contributed by atoms with E-state index in [0.717, 1.165) is 5.06 Å². The minimum Gasteiger partial charge on any atom is -0.465 e. The minimum atomic E-state index is -3.88. The molecule has 0 fully saturated rings. The van der Waals surface area contributed by atoms with Crippen LogP contribution in [0.25, 0.3) is 6.08 Å². The summed E-state index contributed by atoms with van der Waals surface area (Å²) in [6.45, 7) is 3.45. The fraction of sp³-hybridized carbons (Fsp3) is 0.278. The van der Waals surface area contributed by atoms with E-state index in [1.54, 1.807) is 24.5 Å². The summed E-state index contributed by atoms with van der Waals surface area (Å²) in [6.07, 6.45) is 2.99. The Balaban J connectivity index is 2.18. The Morgan fingerprint density at radius 1 is 1.30 bits per heavy atom. The molecule has 1 aromatic carbocycles. The third kappa shape index (κ3) is 3.60. The van der Waals surface area contributed by atoms with Crippen molar-refractivity contribution in [2.24, 2.45) is 0 Å². The normalized spacial score (nSPS) is 13.6. The Kier molecular flexibility index (Phi) is 5.32. The van der Waals surface area contributed by atoms with Gasteiger partial charge in [-0.05, 0) is 44.2 Å². The average Bonchev–Trinajstić information content (AvgIpc) is 2.87. The lowest BCUT2D eigenvalue weighted by Gasteiger charge is -2.18. The van der Waals surface area contributed by atoms with E-state index >= 15 is 0 Å². The highest BCUT2D eigenvalue weighted by Crippen LogP contribution is 2.35.